The Balaban J connectivity index is 2.61. The largest absolute Gasteiger partial charge is 0.441 e. The SMILES string of the molecule is Cc1nc2ccc(N(C)C)cc2o1. The van der Waals surface area contributed by atoms with Gasteiger partial charge in [-0.05, 0) is 12.1 Å². The van der Waals surface area contributed by atoms with E-state index in [2.05, 4.69) is 4.98 Å². The molecule has 2 rings (SSSR count). The molecule has 3 nitrogen and oxygen atoms in total. The quantitative estimate of drug-likeness (QED) is 0.667. The molecule has 0 saturated carbocycles. The number of anilines is 1. The minimum atomic E-state index is 0.714. The molecule has 68 valence electrons. The number of fused-ring (bicyclic) bond motifs is 1. The molecule has 13 heavy (non-hydrogen) atoms. The molecule has 0 N–H and O–H groups in total. The number of benzene rings is 1. The van der Waals surface area contributed by atoms with Gasteiger partial charge in [0, 0.05) is 32.8 Å². The molecule has 0 saturated heterocycles. The third-order valence-corrected chi connectivity index (χ3v) is 2.00. The zero-order chi connectivity index (χ0) is 9.42. The van der Waals surface area contributed by atoms with Gasteiger partial charge in [0.15, 0.2) is 11.5 Å². The van der Waals surface area contributed by atoms with Crippen LogP contribution in [0, 0.1) is 6.92 Å². The van der Waals surface area contributed by atoms with E-state index in [1.165, 1.54) is 0 Å². The molecule has 0 bridgehead atoms. The van der Waals surface area contributed by atoms with Gasteiger partial charge in [-0.15, -0.1) is 0 Å². The summed E-state index contributed by atoms with van der Waals surface area (Å²) in [5.41, 5.74) is 2.90. The average molecular weight is 176 g/mol. The van der Waals surface area contributed by atoms with Crippen LogP contribution in [0.5, 0.6) is 0 Å². The van der Waals surface area contributed by atoms with Crippen LogP contribution in [-0.2, 0) is 0 Å². The molecule has 0 fully saturated rings. The number of nitrogens with zero attached hydrogens (tertiary/aromatic N) is 2. The highest BCUT2D eigenvalue weighted by molar-refractivity contribution is 5.77. The van der Waals surface area contributed by atoms with E-state index in [0.29, 0.717) is 5.89 Å². The maximum atomic E-state index is 5.42. The van der Waals surface area contributed by atoms with Crippen LogP contribution in [0.1, 0.15) is 5.89 Å². The molecule has 2 aromatic rings. The van der Waals surface area contributed by atoms with E-state index in [0.717, 1.165) is 16.8 Å². The molecule has 1 aromatic carbocycles. The summed E-state index contributed by atoms with van der Waals surface area (Å²) in [4.78, 5) is 6.27. The predicted molar refractivity (Wildman–Crippen MR) is 53.1 cm³/mol. The highest BCUT2D eigenvalue weighted by Gasteiger charge is 2.03. The first-order valence-corrected chi connectivity index (χ1v) is 4.21. The summed E-state index contributed by atoms with van der Waals surface area (Å²) in [6.45, 7) is 1.86. The zero-order valence-corrected chi connectivity index (χ0v) is 8.03. The van der Waals surface area contributed by atoms with E-state index in [-0.39, 0.29) is 0 Å². The van der Waals surface area contributed by atoms with E-state index < -0.39 is 0 Å². The van der Waals surface area contributed by atoms with E-state index in [9.17, 15) is 0 Å². The van der Waals surface area contributed by atoms with Crippen LogP contribution in [0.25, 0.3) is 11.1 Å². The number of hydrogen-bond donors (Lipinski definition) is 0. The summed E-state index contributed by atoms with van der Waals surface area (Å²) in [5.74, 6) is 0.714. The summed E-state index contributed by atoms with van der Waals surface area (Å²) in [5, 5.41) is 0. The maximum Gasteiger partial charge on any atom is 0.192 e. The lowest BCUT2D eigenvalue weighted by atomic mass is 10.3. The van der Waals surface area contributed by atoms with Gasteiger partial charge in [-0.3, -0.25) is 0 Å². The highest BCUT2D eigenvalue weighted by atomic mass is 16.3. The zero-order valence-electron chi connectivity index (χ0n) is 8.03. The van der Waals surface area contributed by atoms with Crippen LogP contribution in [0.15, 0.2) is 22.6 Å². The average Bonchev–Trinajstić information content (AvgIpc) is 2.42. The van der Waals surface area contributed by atoms with Crippen LogP contribution < -0.4 is 4.90 Å². The van der Waals surface area contributed by atoms with Crippen molar-refractivity contribution in [2.45, 2.75) is 6.92 Å². The van der Waals surface area contributed by atoms with Crippen molar-refractivity contribution in [2.75, 3.05) is 19.0 Å². The lowest BCUT2D eigenvalue weighted by molar-refractivity contribution is 0.561. The molecule has 0 amide bonds. The molecule has 0 spiro atoms. The first-order valence-electron chi connectivity index (χ1n) is 4.21. The monoisotopic (exact) mass is 176 g/mol. The molecule has 1 aromatic heterocycles. The van der Waals surface area contributed by atoms with Gasteiger partial charge in [0.05, 0.1) is 0 Å². The second-order valence-electron chi connectivity index (χ2n) is 3.28. The maximum absolute atomic E-state index is 5.42. The Labute approximate surface area is 77.0 Å². The van der Waals surface area contributed by atoms with Crippen molar-refractivity contribution in [1.29, 1.82) is 0 Å². The van der Waals surface area contributed by atoms with Gasteiger partial charge in [0.1, 0.15) is 5.52 Å². The second kappa shape index (κ2) is 2.76. The Kier molecular flexibility index (Phi) is 1.72. The number of rotatable bonds is 1. The Morgan fingerprint density at radius 1 is 1.31 bits per heavy atom. The molecule has 0 aliphatic rings. The number of aryl methyl sites for hydroxylation is 1. The van der Waals surface area contributed by atoms with Gasteiger partial charge in [0.25, 0.3) is 0 Å². The molecular formula is C10H12N2O. The number of aromatic nitrogens is 1. The molecular weight excluding hydrogens is 164 g/mol. The summed E-state index contributed by atoms with van der Waals surface area (Å²) in [6, 6.07) is 6.00. The van der Waals surface area contributed by atoms with Crippen molar-refractivity contribution in [1.82, 2.24) is 4.98 Å². The number of oxazole rings is 1. The van der Waals surface area contributed by atoms with Crippen LogP contribution >= 0.6 is 0 Å². The lowest BCUT2D eigenvalue weighted by Gasteiger charge is -2.10. The van der Waals surface area contributed by atoms with Gasteiger partial charge >= 0.3 is 0 Å². The van der Waals surface area contributed by atoms with Crippen molar-refractivity contribution in [2.24, 2.45) is 0 Å². The molecule has 0 unspecified atom stereocenters. The second-order valence-corrected chi connectivity index (χ2v) is 3.28. The van der Waals surface area contributed by atoms with Gasteiger partial charge in [-0.1, -0.05) is 0 Å². The van der Waals surface area contributed by atoms with Crippen molar-refractivity contribution in [3.05, 3.63) is 24.1 Å². The fraction of sp³-hybridized carbons (Fsp3) is 0.300. The summed E-state index contributed by atoms with van der Waals surface area (Å²) in [6.07, 6.45) is 0. The molecule has 0 aliphatic heterocycles. The van der Waals surface area contributed by atoms with Gasteiger partial charge < -0.3 is 9.32 Å². The third-order valence-electron chi connectivity index (χ3n) is 2.00. The Morgan fingerprint density at radius 2 is 2.08 bits per heavy atom. The van der Waals surface area contributed by atoms with E-state index in [4.69, 9.17) is 4.42 Å². The van der Waals surface area contributed by atoms with Gasteiger partial charge in [0.2, 0.25) is 0 Å². The highest BCUT2D eigenvalue weighted by Crippen LogP contribution is 2.20. The van der Waals surface area contributed by atoms with Crippen molar-refractivity contribution < 1.29 is 4.42 Å². The molecule has 0 aliphatic carbocycles. The summed E-state index contributed by atoms with van der Waals surface area (Å²) >= 11 is 0. The Hall–Kier alpha value is -1.51. The van der Waals surface area contributed by atoms with Crippen molar-refractivity contribution in [3.63, 3.8) is 0 Å². The smallest absolute Gasteiger partial charge is 0.192 e. The summed E-state index contributed by atoms with van der Waals surface area (Å²) in [7, 11) is 4.01. The van der Waals surface area contributed by atoms with Crippen molar-refractivity contribution in [3.8, 4) is 0 Å². The van der Waals surface area contributed by atoms with Crippen LogP contribution in [-0.4, -0.2) is 19.1 Å². The minimum absolute atomic E-state index is 0.714. The standard InChI is InChI=1S/C10H12N2O/c1-7-11-9-5-4-8(12(2)3)6-10(9)13-7/h4-6H,1-3H3. The normalized spacial score (nSPS) is 10.7. The predicted octanol–water partition coefficient (Wildman–Crippen LogP) is 2.20. The first-order chi connectivity index (χ1) is 6.16. The fourth-order valence-electron chi connectivity index (χ4n) is 1.31. The summed E-state index contributed by atoms with van der Waals surface area (Å²) < 4.78 is 5.42. The molecule has 1 heterocycles. The fourth-order valence-corrected chi connectivity index (χ4v) is 1.31. The van der Waals surface area contributed by atoms with Crippen LogP contribution in [0.3, 0.4) is 0 Å². The minimum Gasteiger partial charge on any atom is -0.441 e. The Bertz CT molecular complexity index is 431. The topological polar surface area (TPSA) is 29.3 Å². The van der Waals surface area contributed by atoms with Gasteiger partial charge in [-0.25, -0.2) is 4.98 Å². The van der Waals surface area contributed by atoms with Crippen LogP contribution in [0.4, 0.5) is 5.69 Å². The van der Waals surface area contributed by atoms with Gasteiger partial charge in [-0.2, -0.15) is 0 Å². The lowest BCUT2D eigenvalue weighted by Crippen LogP contribution is -2.07. The Morgan fingerprint density at radius 3 is 2.77 bits per heavy atom. The van der Waals surface area contributed by atoms with Crippen LogP contribution in [0.2, 0.25) is 0 Å². The van der Waals surface area contributed by atoms with Crippen molar-refractivity contribution >= 4 is 16.8 Å². The first kappa shape index (κ1) is 8.10. The van der Waals surface area contributed by atoms with E-state index in [1.807, 2.05) is 44.1 Å². The molecule has 3 heteroatoms. The third kappa shape index (κ3) is 1.37. The van der Waals surface area contributed by atoms with E-state index in [1.54, 1.807) is 0 Å². The molecule has 0 radical (unpaired) electrons. The number of hydrogen-bond acceptors (Lipinski definition) is 3. The molecule has 0 atom stereocenters. The van der Waals surface area contributed by atoms with E-state index >= 15 is 0 Å².